The second-order valence-corrected chi connectivity index (χ2v) is 9.85. The molecule has 0 bridgehead atoms. The van der Waals surface area contributed by atoms with Gasteiger partial charge in [-0.05, 0) is 74.1 Å². The summed E-state index contributed by atoms with van der Waals surface area (Å²) in [6.45, 7) is 5.86. The van der Waals surface area contributed by atoms with Gasteiger partial charge in [-0.2, -0.15) is 18.3 Å². The van der Waals surface area contributed by atoms with Crippen molar-refractivity contribution in [1.82, 2.24) is 9.78 Å². The van der Waals surface area contributed by atoms with Crippen LogP contribution in [-0.2, 0) is 27.1 Å². The number of esters is 1. The van der Waals surface area contributed by atoms with Crippen molar-refractivity contribution in [3.8, 4) is 0 Å². The zero-order valence-electron chi connectivity index (χ0n) is 20.6. The largest absolute Gasteiger partial charge is 0.454 e. The van der Waals surface area contributed by atoms with E-state index in [4.69, 9.17) is 4.74 Å². The highest BCUT2D eigenvalue weighted by Gasteiger charge is 2.49. The molecule has 8 heteroatoms. The zero-order valence-corrected chi connectivity index (χ0v) is 20.6. The first-order chi connectivity index (χ1) is 16.8. The number of alkyl halides is 3. The molecule has 190 valence electrons. The lowest BCUT2D eigenvalue weighted by molar-refractivity contribution is -0.180. The van der Waals surface area contributed by atoms with Crippen LogP contribution in [0.2, 0.25) is 0 Å². The Labute approximate surface area is 207 Å². The second kappa shape index (κ2) is 9.22. The molecule has 1 heterocycles. The summed E-state index contributed by atoms with van der Waals surface area (Å²) in [6, 6.07) is 15.0. The summed E-state index contributed by atoms with van der Waals surface area (Å²) in [5.41, 5.74) is 0.763. The number of aromatic nitrogens is 2. The molecule has 4 nitrogen and oxygen atoms in total. The van der Waals surface area contributed by atoms with Crippen LogP contribution in [0.4, 0.5) is 17.6 Å². The van der Waals surface area contributed by atoms with Crippen molar-refractivity contribution in [2.24, 2.45) is 0 Å². The number of aryl methyl sites for hydroxylation is 1. The normalized spacial score (nSPS) is 15.6. The maximum atomic E-state index is 15.0. The number of rotatable bonds is 7. The van der Waals surface area contributed by atoms with Crippen molar-refractivity contribution >= 4 is 17.9 Å². The van der Waals surface area contributed by atoms with Gasteiger partial charge in [-0.25, -0.2) is 4.39 Å². The van der Waals surface area contributed by atoms with Crippen molar-refractivity contribution in [3.63, 3.8) is 0 Å². The highest BCUT2D eigenvalue weighted by molar-refractivity contribution is 5.75. The van der Waals surface area contributed by atoms with Crippen LogP contribution < -0.4 is 0 Å². The summed E-state index contributed by atoms with van der Waals surface area (Å²) in [6.07, 6.45) is -1.57. The van der Waals surface area contributed by atoms with Crippen LogP contribution in [-0.4, -0.2) is 21.9 Å². The predicted molar refractivity (Wildman–Crippen MR) is 130 cm³/mol. The Hall–Kier alpha value is -3.42. The Kier molecular flexibility index (Phi) is 6.58. The first-order valence-corrected chi connectivity index (χ1v) is 11.7. The average Bonchev–Trinajstić information content (AvgIpc) is 3.48. The number of halogens is 4. The first-order valence-electron chi connectivity index (χ1n) is 11.7. The minimum absolute atomic E-state index is 0.108. The fraction of sp³-hybridized carbons (Fsp3) is 0.357. The van der Waals surface area contributed by atoms with Crippen molar-refractivity contribution in [1.29, 1.82) is 0 Å². The van der Waals surface area contributed by atoms with Gasteiger partial charge >= 0.3 is 12.1 Å². The van der Waals surface area contributed by atoms with Gasteiger partial charge in [0.15, 0.2) is 5.83 Å². The standard InChI is InChI=1S/C28H28F4N2O2/c1-18-14-25(24(29)16-20-8-10-22(11-9-20)26(3,4)28(30,31)32)33-34(18)17-21-6-5-7-23(15-21)27(12-13-27)36-19(2)35/h5-11,14-16H,12-13,17H2,1-4H3. The first kappa shape index (κ1) is 25.7. The number of carbonyl (C=O) groups is 1. The summed E-state index contributed by atoms with van der Waals surface area (Å²) in [4.78, 5) is 11.5. The fourth-order valence-electron chi connectivity index (χ4n) is 4.13. The molecule has 0 amide bonds. The molecule has 0 saturated heterocycles. The van der Waals surface area contributed by atoms with Gasteiger partial charge in [0, 0.05) is 12.6 Å². The van der Waals surface area contributed by atoms with Gasteiger partial charge in [0.05, 0.1) is 12.0 Å². The van der Waals surface area contributed by atoms with Crippen molar-refractivity contribution in [2.45, 2.75) is 64.3 Å². The SMILES string of the molecule is CC(=O)OC1(c2cccc(Cn3nc(C(F)=Cc4ccc(C(C)(C)C(F)(F)F)cc4)cc3C)c2)CC1. The van der Waals surface area contributed by atoms with E-state index in [1.807, 2.05) is 31.2 Å². The predicted octanol–water partition coefficient (Wildman–Crippen LogP) is 7.10. The molecule has 0 unspecified atom stereocenters. The number of nitrogens with zero attached hydrogens (tertiary/aromatic N) is 2. The molecule has 1 saturated carbocycles. The molecule has 0 aliphatic heterocycles. The van der Waals surface area contributed by atoms with Gasteiger partial charge in [-0.1, -0.05) is 42.5 Å². The Morgan fingerprint density at radius 1 is 1.11 bits per heavy atom. The third kappa shape index (κ3) is 5.22. The van der Waals surface area contributed by atoms with Crippen LogP contribution in [0.1, 0.15) is 67.3 Å². The third-order valence-electron chi connectivity index (χ3n) is 6.69. The minimum atomic E-state index is -4.39. The van der Waals surface area contributed by atoms with Crippen LogP contribution >= 0.6 is 0 Å². The smallest absolute Gasteiger partial charge is 0.397 e. The lowest BCUT2D eigenvalue weighted by Crippen LogP contribution is -2.36. The van der Waals surface area contributed by atoms with Crippen LogP contribution in [0, 0.1) is 6.92 Å². The number of benzene rings is 2. The van der Waals surface area contributed by atoms with E-state index in [2.05, 4.69) is 5.10 Å². The van der Waals surface area contributed by atoms with E-state index in [0.717, 1.165) is 43.5 Å². The third-order valence-corrected chi connectivity index (χ3v) is 6.69. The van der Waals surface area contributed by atoms with Gasteiger partial charge in [0.1, 0.15) is 11.3 Å². The number of hydrogen-bond acceptors (Lipinski definition) is 3. The summed E-state index contributed by atoms with van der Waals surface area (Å²) in [5.74, 6) is -0.897. The lowest BCUT2D eigenvalue weighted by Gasteiger charge is -2.28. The molecule has 2 aromatic carbocycles. The highest BCUT2D eigenvalue weighted by Crippen LogP contribution is 2.49. The van der Waals surface area contributed by atoms with E-state index in [0.29, 0.717) is 12.1 Å². The molecule has 0 atom stereocenters. The maximum absolute atomic E-state index is 15.0. The van der Waals surface area contributed by atoms with Crippen molar-refractivity contribution in [3.05, 3.63) is 88.2 Å². The maximum Gasteiger partial charge on any atom is 0.397 e. The molecule has 1 fully saturated rings. The van der Waals surface area contributed by atoms with E-state index in [1.54, 1.807) is 10.7 Å². The molecular formula is C28H28F4N2O2. The summed E-state index contributed by atoms with van der Waals surface area (Å²) >= 11 is 0. The molecule has 1 aromatic heterocycles. The van der Waals surface area contributed by atoms with Gasteiger partial charge in [0.2, 0.25) is 0 Å². The van der Waals surface area contributed by atoms with E-state index in [9.17, 15) is 22.4 Å². The monoisotopic (exact) mass is 500 g/mol. The quantitative estimate of drug-likeness (QED) is 0.257. The molecule has 0 radical (unpaired) electrons. The Morgan fingerprint density at radius 2 is 1.78 bits per heavy atom. The molecule has 3 aromatic rings. The molecule has 36 heavy (non-hydrogen) atoms. The van der Waals surface area contributed by atoms with Gasteiger partial charge in [0.25, 0.3) is 0 Å². The molecule has 0 spiro atoms. The van der Waals surface area contributed by atoms with Gasteiger partial charge in [-0.15, -0.1) is 0 Å². The van der Waals surface area contributed by atoms with Gasteiger partial charge < -0.3 is 4.74 Å². The molecule has 1 aliphatic rings. The zero-order chi connectivity index (χ0) is 26.3. The van der Waals surface area contributed by atoms with Gasteiger partial charge in [-0.3, -0.25) is 9.48 Å². The Morgan fingerprint density at radius 3 is 2.36 bits per heavy atom. The number of hydrogen-bond donors (Lipinski definition) is 0. The Bertz CT molecular complexity index is 1300. The molecular weight excluding hydrogens is 472 g/mol. The van der Waals surface area contributed by atoms with Crippen LogP contribution in [0.3, 0.4) is 0 Å². The van der Waals surface area contributed by atoms with Crippen LogP contribution in [0.25, 0.3) is 11.9 Å². The summed E-state index contributed by atoms with van der Waals surface area (Å²) < 4.78 is 62.0. The van der Waals surface area contributed by atoms with Crippen molar-refractivity contribution in [2.75, 3.05) is 0 Å². The number of carbonyl (C=O) groups excluding carboxylic acids is 1. The van der Waals surface area contributed by atoms with Crippen molar-refractivity contribution < 1.29 is 27.1 Å². The van der Waals surface area contributed by atoms with Crippen LogP contribution in [0.5, 0.6) is 0 Å². The second-order valence-electron chi connectivity index (χ2n) is 9.85. The Balaban J connectivity index is 1.51. The summed E-state index contributed by atoms with van der Waals surface area (Å²) in [7, 11) is 0. The molecule has 4 rings (SSSR count). The highest BCUT2D eigenvalue weighted by atomic mass is 19.4. The summed E-state index contributed by atoms with van der Waals surface area (Å²) in [5, 5.41) is 4.39. The fourth-order valence-corrected chi connectivity index (χ4v) is 4.13. The topological polar surface area (TPSA) is 44.1 Å². The van der Waals surface area contributed by atoms with Crippen LogP contribution in [0.15, 0.2) is 54.6 Å². The van der Waals surface area contributed by atoms with E-state index in [1.165, 1.54) is 37.3 Å². The molecule has 0 N–H and O–H groups in total. The number of ether oxygens (including phenoxy) is 1. The average molecular weight is 501 g/mol. The van der Waals surface area contributed by atoms with E-state index < -0.39 is 23.0 Å². The minimum Gasteiger partial charge on any atom is -0.454 e. The van der Waals surface area contributed by atoms with E-state index >= 15 is 0 Å². The molecule has 1 aliphatic carbocycles. The lowest BCUT2D eigenvalue weighted by atomic mass is 9.83. The van der Waals surface area contributed by atoms with E-state index in [-0.39, 0.29) is 17.2 Å².